The third kappa shape index (κ3) is 7.05. The number of likely N-dealkylation sites (N-methyl/N-ethyl adjacent to an activating group) is 1. The minimum Gasteiger partial charge on any atom is -0.490 e. The number of hydrogen-bond acceptors (Lipinski definition) is 8. The maximum atomic E-state index is 13.9. The first kappa shape index (κ1) is 35.7. The van der Waals surface area contributed by atoms with E-state index in [2.05, 4.69) is 32.7 Å². The van der Waals surface area contributed by atoms with Gasteiger partial charge < -0.3 is 14.4 Å². The lowest BCUT2D eigenvalue weighted by Gasteiger charge is -2.46. The fraction of sp³-hybridized carbons (Fsp3) is 0.605. The molecule has 5 aliphatic rings. The summed E-state index contributed by atoms with van der Waals surface area (Å²) in [6, 6.07) is 11.1. The van der Waals surface area contributed by atoms with Gasteiger partial charge in [-0.05, 0) is 113 Å². The molecule has 12 heteroatoms. The van der Waals surface area contributed by atoms with E-state index in [9.17, 15) is 17.6 Å². The van der Waals surface area contributed by atoms with Crippen LogP contribution in [0.4, 0.5) is 10.1 Å². The van der Waals surface area contributed by atoms with Gasteiger partial charge in [0.25, 0.3) is 15.9 Å². The molecule has 0 radical (unpaired) electrons. The van der Waals surface area contributed by atoms with E-state index in [-0.39, 0.29) is 22.3 Å². The number of alkyl halides is 1. The Morgan fingerprint density at radius 1 is 1.12 bits per heavy atom. The Morgan fingerprint density at radius 2 is 1.96 bits per heavy atom. The Kier molecular flexibility index (Phi) is 10.0. The third-order valence-electron chi connectivity index (χ3n) is 12.0. The molecule has 9 nitrogen and oxygen atoms in total. The van der Waals surface area contributed by atoms with Crippen molar-refractivity contribution < 1.29 is 27.1 Å². The van der Waals surface area contributed by atoms with Crippen molar-refractivity contribution in [3.63, 3.8) is 0 Å². The number of halogens is 2. The van der Waals surface area contributed by atoms with Gasteiger partial charge in [-0.3, -0.25) is 14.6 Å². The number of nitrogens with one attached hydrogen (secondary N) is 1. The molecule has 2 bridgehead atoms. The SMILES string of the molecule is CN1CC=C[C@H](OCCN2CC[C@@H](F)C2)[C@@H]2CC[C@H]2CN2C[C@@]3(CCCc4cc(Cl)ccc43)COc3ccc(cc32)S(=O)(=O)NC(=O)C1(C)C. The van der Waals surface area contributed by atoms with Crippen LogP contribution in [0.25, 0.3) is 0 Å². The maximum Gasteiger partial charge on any atom is 0.264 e. The zero-order valence-electron chi connectivity index (χ0n) is 29.4. The summed E-state index contributed by atoms with van der Waals surface area (Å²) in [7, 11) is -2.37. The van der Waals surface area contributed by atoms with E-state index >= 15 is 0 Å². The van der Waals surface area contributed by atoms with E-state index in [0.717, 1.165) is 49.4 Å². The number of amides is 1. The van der Waals surface area contributed by atoms with E-state index < -0.39 is 27.6 Å². The summed E-state index contributed by atoms with van der Waals surface area (Å²) in [5, 5.41) is 0.723. The zero-order valence-corrected chi connectivity index (χ0v) is 30.9. The molecule has 1 amide bonds. The number of likely N-dealkylation sites (tertiary alicyclic amines) is 1. The topological polar surface area (TPSA) is 91.4 Å². The molecule has 2 aromatic rings. The van der Waals surface area contributed by atoms with Gasteiger partial charge in [-0.1, -0.05) is 29.8 Å². The smallest absolute Gasteiger partial charge is 0.264 e. The number of fused-ring (bicyclic) bond motifs is 4. The number of carbonyl (C=O) groups excluding carboxylic acids is 1. The van der Waals surface area contributed by atoms with Crippen LogP contribution in [0.2, 0.25) is 5.02 Å². The van der Waals surface area contributed by atoms with Crippen molar-refractivity contribution in [1.29, 1.82) is 0 Å². The van der Waals surface area contributed by atoms with Crippen molar-refractivity contribution in [3.05, 3.63) is 64.7 Å². The van der Waals surface area contributed by atoms with Crippen molar-refractivity contribution >= 4 is 33.2 Å². The van der Waals surface area contributed by atoms with Gasteiger partial charge >= 0.3 is 0 Å². The van der Waals surface area contributed by atoms with Crippen LogP contribution >= 0.6 is 11.6 Å². The zero-order chi connectivity index (χ0) is 35.3. The number of benzene rings is 2. The number of rotatable bonds is 4. The summed E-state index contributed by atoms with van der Waals surface area (Å²) in [5.41, 5.74) is 1.77. The summed E-state index contributed by atoms with van der Waals surface area (Å²) < 4.78 is 57.0. The highest BCUT2D eigenvalue weighted by atomic mass is 35.5. The molecule has 1 saturated carbocycles. The summed E-state index contributed by atoms with van der Waals surface area (Å²) >= 11 is 6.45. The van der Waals surface area contributed by atoms with Gasteiger partial charge in [0.1, 0.15) is 11.9 Å². The van der Waals surface area contributed by atoms with Crippen LogP contribution in [0.5, 0.6) is 5.75 Å². The highest BCUT2D eigenvalue weighted by Crippen LogP contribution is 2.47. The minimum atomic E-state index is -4.18. The lowest BCUT2D eigenvalue weighted by Crippen LogP contribution is -2.54. The molecular formula is C38H50ClFN4O5S. The number of nitrogens with zero attached hydrogens (tertiary/aromatic N) is 3. The highest BCUT2D eigenvalue weighted by Gasteiger charge is 2.45. The van der Waals surface area contributed by atoms with Gasteiger partial charge in [-0.15, -0.1) is 0 Å². The Balaban J connectivity index is 1.25. The predicted octanol–water partition coefficient (Wildman–Crippen LogP) is 5.35. The van der Waals surface area contributed by atoms with E-state index in [0.29, 0.717) is 64.0 Å². The molecule has 3 heterocycles. The van der Waals surface area contributed by atoms with Gasteiger partial charge in [-0.25, -0.2) is 17.5 Å². The molecule has 2 aromatic carbocycles. The van der Waals surface area contributed by atoms with Crippen molar-refractivity contribution in [2.75, 3.05) is 64.4 Å². The second kappa shape index (κ2) is 14.0. The largest absolute Gasteiger partial charge is 0.490 e. The molecule has 5 atom stereocenters. The predicted molar refractivity (Wildman–Crippen MR) is 193 cm³/mol. The van der Waals surface area contributed by atoms with Gasteiger partial charge in [0, 0.05) is 49.7 Å². The number of hydrogen-bond donors (Lipinski definition) is 1. The lowest BCUT2D eigenvalue weighted by atomic mass is 9.68. The molecule has 0 aromatic heterocycles. The Morgan fingerprint density at radius 3 is 2.72 bits per heavy atom. The normalized spacial score (nSPS) is 31.2. The molecule has 1 spiro atoms. The van der Waals surface area contributed by atoms with Crippen LogP contribution in [0, 0.1) is 11.8 Å². The molecule has 1 N–H and O–H groups in total. The van der Waals surface area contributed by atoms with E-state index in [1.165, 1.54) is 17.2 Å². The second-order valence-electron chi connectivity index (χ2n) is 15.6. The minimum absolute atomic E-state index is 0.0271. The van der Waals surface area contributed by atoms with Crippen LogP contribution in [-0.2, 0) is 31.4 Å². The molecule has 272 valence electrons. The highest BCUT2D eigenvalue weighted by molar-refractivity contribution is 7.90. The van der Waals surface area contributed by atoms with Crippen molar-refractivity contribution in [1.82, 2.24) is 14.5 Å². The second-order valence-corrected chi connectivity index (χ2v) is 17.7. The van der Waals surface area contributed by atoms with E-state index in [1.807, 2.05) is 24.1 Å². The monoisotopic (exact) mass is 728 g/mol. The fourth-order valence-electron chi connectivity index (χ4n) is 8.49. The number of aryl methyl sites for hydroxylation is 1. The standard InChI is InChI=1S/C38H50ClFN4O5S/c1-37(2)36(45)41-50(46,47)30-10-13-35-33(21-30)44(24-38(25-49-35)15-4-6-26-20-28(39)9-12-32(26)38)22-27-8-11-31(27)34(7-5-16-42(37)3)48-19-18-43-17-14-29(40)23-43/h5,7,9-10,12-13,20-21,27,29,31,34H,4,6,8,11,14-19,22-25H2,1-3H3,(H,41,45)/t27-,29+,31+,34-,38-/m0/s1. The van der Waals surface area contributed by atoms with Crippen LogP contribution in [-0.4, -0.2) is 101 Å². The molecule has 0 unspecified atom stereocenters. The summed E-state index contributed by atoms with van der Waals surface area (Å²) in [6.07, 6.45) is 8.75. The van der Waals surface area contributed by atoms with Gasteiger partial charge in [-0.2, -0.15) is 0 Å². The first-order valence-electron chi connectivity index (χ1n) is 18.1. The average molecular weight is 729 g/mol. The number of carbonyl (C=O) groups is 1. The first-order valence-corrected chi connectivity index (χ1v) is 19.9. The Bertz CT molecular complexity index is 1740. The van der Waals surface area contributed by atoms with E-state index in [1.54, 1.807) is 26.0 Å². The van der Waals surface area contributed by atoms with Crippen LogP contribution in [0.1, 0.15) is 57.1 Å². The van der Waals surface area contributed by atoms with Crippen LogP contribution in [0.15, 0.2) is 53.4 Å². The lowest BCUT2D eigenvalue weighted by molar-refractivity contribution is -0.128. The molecule has 3 aliphatic heterocycles. The van der Waals surface area contributed by atoms with Gasteiger partial charge in [0.15, 0.2) is 0 Å². The van der Waals surface area contributed by atoms with Gasteiger partial charge in [0.2, 0.25) is 0 Å². The van der Waals surface area contributed by atoms with Crippen molar-refractivity contribution in [2.24, 2.45) is 11.8 Å². The Hall–Kier alpha value is -2.70. The molecule has 7 rings (SSSR count). The molecule has 50 heavy (non-hydrogen) atoms. The number of ether oxygens (including phenoxy) is 2. The molecule has 2 aliphatic carbocycles. The van der Waals surface area contributed by atoms with Crippen LogP contribution in [0.3, 0.4) is 0 Å². The molecular weight excluding hydrogens is 679 g/mol. The van der Waals surface area contributed by atoms with Crippen molar-refractivity contribution in [3.8, 4) is 5.75 Å². The fourth-order valence-corrected chi connectivity index (χ4v) is 9.81. The number of sulfonamides is 1. The van der Waals surface area contributed by atoms with E-state index in [4.69, 9.17) is 21.1 Å². The van der Waals surface area contributed by atoms with Crippen LogP contribution < -0.4 is 14.4 Å². The first-order chi connectivity index (χ1) is 23.8. The Labute approximate surface area is 301 Å². The molecule has 1 saturated heterocycles. The average Bonchev–Trinajstić information content (AvgIpc) is 3.41. The third-order valence-corrected chi connectivity index (χ3v) is 13.6. The summed E-state index contributed by atoms with van der Waals surface area (Å²) in [5.74, 6) is 0.574. The summed E-state index contributed by atoms with van der Waals surface area (Å²) in [4.78, 5) is 19.9. The summed E-state index contributed by atoms with van der Waals surface area (Å²) in [6.45, 7) is 8.13. The quantitative estimate of drug-likeness (QED) is 0.422. The molecule has 2 fully saturated rings. The maximum absolute atomic E-state index is 13.9. The van der Waals surface area contributed by atoms with Crippen molar-refractivity contribution in [2.45, 2.75) is 80.5 Å². The van der Waals surface area contributed by atoms with Gasteiger partial charge in [0.05, 0.1) is 35.4 Å². The number of anilines is 1.